The van der Waals surface area contributed by atoms with Crippen LogP contribution in [0.3, 0.4) is 0 Å². The van der Waals surface area contributed by atoms with Gasteiger partial charge in [-0.2, -0.15) is 10.5 Å². The molecule has 0 N–H and O–H groups in total. The van der Waals surface area contributed by atoms with Gasteiger partial charge in [0.2, 0.25) is 0 Å². The minimum atomic E-state index is -0.598. The Balaban J connectivity index is 2.28. The zero-order valence-electron chi connectivity index (χ0n) is 21.6. The third-order valence-electron chi connectivity index (χ3n) is 5.54. The smallest absolute Gasteiger partial charge is 0.197 e. The van der Waals surface area contributed by atoms with Crippen molar-refractivity contribution >= 4 is 23.1 Å². The van der Waals surface area contributed by atoms with Gasteiger partial charge in [-0.15, -0.1) is 0 Å². The van der Waals surface area contributed by atoms with E-state index in [4.69, 9.17) is 14.2 Å². The van der Waals surface area contributed by atoms with Gasteiger partial charge in [0.25, 0.3) is 0 Å². The maximum absolute atomic E-state index is 10.2. The Morgan fingerprint density at radius 3 is 2.20 bits per heavy atom. The molecular formula is C28H35N3O3S. The van der Waals surface area contributed by atoms with Gasteiger partial charge in [-0.25, -0.2) is 0 Å². The first-order chi connectivity index (χ1) is 16.8. The average molecular weight is 494 g/mol. The summed E-state index contributed by atoms with van der Waals surface area (Å²) in [5.41, 5.74) is 2.22. The van der Waals surface area contributed by atoms with Crippen molar-refractivity contribution in [1.29, 1.82) is 10.5 Å². The van der Waals surface area contributed by atoms with Gasteiger partial charge in [0, 0.05) is 11.4 Å². The van der Waals surface area contributed by atoms with Crippen molar-refractivity contribution in [2.24, 2.45) is 0 Å². The summed E-state index contributed by atoms with van der Waals surface area (Å²) in [6.07, 6.45) is 3.60. The summed E-state index contributed by atoms with van der Waals surface area (Å²) in [5, 5.41) is 20.3. The standard InChI is InChI=1S/C28H35N3O3S/c1-7-8-9-12-15-31-23-13-10-11-14-24(23)35-28-25(31)26(34-20(6)32-18(2)3)21(16-29)22(17-30)27(28)33-19(4)5/h10-11,13-14,18-20H,7-9,12,15H2,1-6H3. The second-order valence-electron chi connectivity index (χ2n) is 9.13. The van der Waals surface area contributed by atoms with Crippen molar-refractivity contribution in [1.82, 2.24) is 0 Å². The molecule has 1 atom stereocenters. The summed E-state index contributed by atoms with van der Waals surface area (Å²) in [6, 6.07) is 12.7. The molecule has 7 heteroatoms. The SMILES string of the molecule is CCCCCCN1c2ccccc2Sc2c(OC(C)C)c(C#N)c(C#N)c(OC(C)OC(C)C)c21. The Bertz CT molecular complexity index is 1120. The maximum atomic E-state index is 10.2. The Morgan fingerprint density at radius 2 is 1.57 bits per heavy atom. The number of nitrogens with zero attached hydrogens (tertiary/aromatic N) is 3. The Hall–Kier alpha value is -2.87. The predicted octanol–water partition coefficient (Wildman–Crippen LogP) is 7.55. The molecule has 3 rings (SSSR count). The van der Waals surface area contributed by atoms with Crippen LogP contribution in [0.25, 0.3) is 0 Å². The van der Waals surface area contributed by atoms with E-state index >= 15 is 0 Å². The van der Waals surface area contributed by atoms with Crippen LogP contribution in [0.4, 0.5) is 11.4 Å². The molecule has 35 heavy (non-hydrogen) atoms. The van der Waals surface area contributed by atoms with E-state index in [2.05, 4.69) is 36.1 Å². The first-order valence-electron chi connectivity index (χ1n) is 12.4. The number of unbranched alkanes of at least 4 members (excludes halogenated alkanes) is 3. The van der Waals surface area contributed by atoms with Crippen LogP contribution in [0.1, 0.15) is 78.4 Å². The lowest BCUT2D eigenvalue weighted by Crippen LogP contribution is -2.27. The number of rotatable bonds is 11. The van der Waals surface area contributed by atoms with Crippen molar-refractivity contribution in [2.75, 3.05) is 11.4 Å². The Labute approximate surface area is 213 Å². The van der Waals surface area contributed by atoms with E-state index in [-0.39, 0.29) is 23.3 Å². The molecule has 1 aliphatic heterocycles. The summed E-state index contributed by atoms with van der Waals surface area (Å²) in [7, 11) is 0. The van der Waals surface area contributed by atoms with Crippen LogP contribution in [-0.2, 0) is 4.74 Å². The van der Waals surface area contributed by atoms with Crippen molar-refractivity contribution in [3.05, 3.63) is 35.4 Å². The van der Waals surface area contributed by atoms with Gasteiger partial charge in [-0.3, -0.25) is 0 Å². The van der Waals surface area contributed by atoms with E-state index in [1.807, 2.05) is 46.8 Å². The molecule has 1 heterocycles. The fourth-order valence-electron chi connectivity index (χ4n) is 4.19. The van der Waals surface area contributed by atoms with Gasteiger partial charge in [0.05, 0.1) is 22.8 Å². The van der Waals surface area contributed by atoms with Crippen LogP contribution < -0.4 is 14.4 Å². The summed E-state index contributed by atoms with van der Waals surface area (Å²) in [6.45, 7) is 12.5. The first kappa shape index (κ1) is 26.7. The minimum Gasteiger partial charge on any atom is -0.488 e. The van der Waals surface area contributed by atoms with Crippen molar-refractivity contribution < 1.29 is 14.2 Å². The third-order valence-corrected chi connectivity index (χ3v) is 6.69. The zero-order valence-corrected chi connectivity index (χ0v) is 22.4. The van der Waals surface area contributed by atoms with Crippen LogP contribution in [0, 0.1) is 22.7 Å². The van der Waals surface area contributed by atoms with Gasteiger partial charge >= 0.3 is 0 Å². The van der Waals surface area contributed by atoms with Crippen LogP contribution in [-0.4, -0.2) is 25.0 Å². The lowest BCUT2D eigenvalue weighted by Gasteiger charge is -2.36. The highest BCUT2D eigenvalue weighted by Gasteiger charge is 2.35. The second-order valence-corrected chi connectivity index (χ2v) is 10.2. The van der Waals surface area contributed by atoms with Gasteiger partial charge in [0.1, 0.15) is 29.0 Å². The number of anilines is 2. The van der Waals surface area contributed by atoms with E-state index in [0.29, 0.717) is 11.5 Å². The molecule has 0 aromatic heterocycles. The monoisotopic (exact) mass is 493 g/mol. The molecule has 1 unspecified atom stereocenters. The molecule has 0 saturated carbocycles. The van der Waals surface area contributed by atoms with E-state index in [1.165, 1.54) is 0 Å². The topological polar surface area (TPSA) is 78.5 Å². The fourth-order valence-corrected chi connectivity index (χ4v) is 5.38. The number of hydrogen-bond acceptors (Lipinski definition) is 7. The largest absolute Gasteiger partial charge is 0.488 e. The predicted molar refractivity (Wildman–Crippen MR) is 140 cm³/mol. The lowest BCUT2D eigenvalue weighted by molar-refractivity contribution is -0.0950. The van der Waals surface area contributed by atoms with Crippen LogP contribution >= 0.6 is 11.8 Å². The number of benzene rings is 2. The van der Waals surface area contributed by atoms with Gasteiger partial charge in [0.15, 0.2) is 17.8 Å². The number of para-hydroxylation sites is 1. The lowest BCUT2D eigenvalue weighted by atomic mass is 10.0. The number of hydrogen-bond donors (Lipinski definition) is 0. The summed E-state index contributed by atoms with van der Waals surface area (Å²) >= 11 is 1.55. The minimum absolute atomic E-state index is 0.0504. The van der Waals surface area contributed by atoms with Crippen molar-refractivity contribution in [2.45, 2.75) is 95.5 Å². The Kier molecular flexibility index (Phi) is 9.32. The van der Waals surface area contributed by atoms with Crippen LogP contribution in [0.2, 0.25) is 0 Å². The van der Waals surface area contributed by atoms with E-state index < -0.39 is 6.29 Å². The summed E-state index contributed by atoms with van der Waals surface area (Å²) < 4.78 is 18.4. The molecule has 0 spiro atoms. The van der Waals surface area contributed by atoms with Crippen LogP contribution in [0.15, 0.2) is 34.1 Å². The third kappa shape index (κ3) is 6.04. The summed E-state index contributed by atoms with van der Waals surface area (Å²) in [5.74, 6) is 0.817. The molecule has 2 aromatic rings. The molecule has 6 nitrogen and oxygen atoms in total. The molecule has 186 valence electrons. The molecule has 0 saturated heterocycles. The van der Waals surface area contributed by atoms with E-state index in [1.54, 1.807) is 11.8 Å². The average Bonchev–Trinajstić information content (AvgIpc) is 2.81. The van der Waals surface area contributed by atoms with Gasteiger partial charge < -0.3 is 19.1 Å². The maximum Gasteiger partial charge on any atom is 0.197 e. The number of ether oxygens (including phenoxy) is 3. The molecule has 0 fully saturated rings. The number of nitriles is 2. The molecular weight excluding hydrogens is 458 g/mol. The molecule has 2 aromatic carbocycles. The van der Waals surface area contributed by atoms with E-state index in [9.17, 15) is 10.5 Å². The highest BCUT2D eigenvalue weighted by molar-refractivity contribution is 7.99. The highest BCUT2D eigenvalue weighted by Crippen LogP contribution is 2.58. The highest BCUT2D eigenvalue weighted by atomic mass is 32.2. The first-order valence-corrected chi connectivity index (χ1v) is 13.2. The molecule has 0 amide bonds. The normalized spacial score (nSPS) is 13.1. The van der Waals surface area contributed by atoms with Crippen molar-refractivity contribution in [3.8, 4) is 23.6 Å². The second kappa shape index (κ2) is 12.2. The molecule has 0 bridgehead atoms. The van der Waals surface area contributed by atoms with Gasteiger partial charge in [-0.05, 0) is 53.2 Å². The molecule has 1 aliphatic rings. The summed E-state index contributed by atoms with van der Waals surface area (Å²) in [4.78, 5) is 4.11. The van der Waals surface area contributed by atoms with E-state index in [0.717, 1.165) is 53.4 Å². The number of fused-ring (bicyclic) bond motifs is 2. The molecule has 0 radical (unpaired) electrons. The fraction of sp³-hybridized carbons (Fsp3) is 0.500. The van der Waals surface area contributed by atoms with Crippen LogP contribution in [0.5, 0.6) is 11.5 Å². The van der Waals surface area contributed by atoms with Gasteiger partial charge in [-0.1, -0.05) is 50.1 Å². The Morgan fingerprint density at radius 1 is 0.886 bits per heavy atom. The molecule has 0 aliphatic carbocycles. The zero-order chi connectivity index (χ0) is 25.5. The quantitative estimate of drug-likeness (QED) is 0.236. The van der Waals surface area contributed by atoms with Crippen molar-refractivity contribution in [3.63, 3.8) is 0 Å².